The molecule has 0 spiro atoms. The van der Waals surface area contributed by atoms with Gasteiger partial charge in [0.2, 0.25) is 0 Å². The minimum atomic E-state index is -4.69. The second-order valence-corrected chi connectivity index (χ2v) is 4.36. The zero-order chi connectivity index (χ0) is 15.3. The van der Waals surface area contributed by atoms with E-state index >= 15 is 0 Å². The van der Waals surface area contributed by atoms with E-state index < -0.39 is 6.36 Å². The highest BCUT2D eigenvalue weighted by atomic mass is 19.4. The first kappa shape index (κ1) is 15.3. The molecule has 1 aromatic heterocycles. The van der Waals surface area contributed by atoms with E-state index in [1.807, 2.05) is 0 Å². The number of nitrogens with one attached hydrogen (secondary N) is 1. The topological polar surface area (TPSA) is 52.0 Å². The lowest BCUT2D eigenvalue weighted by Crippen LogP contribution is -2.17. The van der Waals surface area contributed by atoms with Gasteiger partial charge in [0.05, 0.1) is 17.6 Å². The second kappa shape index (κ2) is 6.57. The Balaban J connectivity index is 2.10. The summed E-state index contributed by atoms with van der Waals surface area (Å²) in [4.78, 5) is 0. The summed E-state index contributed by atoms with van der Waals surface area (Å²) in [6.07, 6.45) is -2.07. The molecule has 0 radical (unpaired) electrons. The maximum absolute atomic E-state index is 12.1. The molecule has 2 aromatic rings. The van der Waals surface area contributed by atoms with Crippen LogP contribution in [-0.2, 0) is 6.54 Å². The molecule has 0 saturated carbocycles. The third-order valence-corrected chi connectivity index (χ3v) is 2.67. The summed E-state index contributed by atoms with van der Waals surface area (Å²) in [5, 5.41) is 11.0. The average molecular weight is 300 g/mol. The van der Waals surface area contributed by atoms with Gasteiger partial charge in [0, 0.05) is 6.54 Å². The van der Waals surface area contributed by atoms with Gasteiger partial charge in [-0.1, -0.05) is 12.1 Å². The number of nitrogens with zero attached hydrogens (tertiary/aromatic N) is 3. The Morgan fingerprint density at radius 1 is 1.24 bits per heavy atom. The molecule has 1 N–H and O–H groups in total. The molecule has 0 amide bonds. The zero-order valence-electron chi connectivity index (χ0n) is 11.4. The van der Waals surface area contributed by atoms with Gasteiger partial charge in [-0.2, -0.15) is 0 Å². The van der Waals surface area contributed by atoms with Crippen molar-refractivity contribution in [1.29, 1.82) is 0 Å². The number of ether oxygens (including phenoxy) is 1. The maximum atomic E-state index is 12.1. The van der Waals surface area contributed by atoms with Crippen molar-refractivity contribution in [2.24, 2.45) is 0 Å². The Kier molecular flexibility index (Phi) is 4.79. The number of alkyl halides is 3. The monoisotopic (exact) mass is 300 g/mol. The van der Waals surface area contributed by atoms with Crippen LogP contribution in [0.15, 0.2) is 30.5 Å². The van der Waals surface area contributed by atoms with Crippen molar-refractivity contribution in [3.8, 4) is 11.4 Å². The molecule has 0 fully saturated rings. The predicted molar refractivity (Wildman–Crippen MR) is 70.0 cm³/mol. The van der Waals surface area contributed by atoms with Crippen LogP contribution in [0.2, 0.25) is 0 Å². The number of hydrogen-bond donors (Lipinski definition) is 1. The molecule has 21 heavy (non-hydrogen) atoms. The van der Waals surface area contributed by atoms with Gasteiger partial charge in [0.1, 0.15) is 5.75 Å². The van der Waals surface area contributed by atoms with Crippen LogP contribution in [0.5, 0.6) is 5.75 Å². The summed E-state index contributed by atoms with van der Waals surface area (Å²) in [7, 11) is 0. The lowest BCUT2D eigenvalue weighted by atomic mass is 10.3. The molecular formula is C13H15F3N4O. The third kappa shape index (κ3) is 4.45. The molecule has 0 saturated heterocycles. The lowest BCUT2D eigenvalue weighted by Gasteiger charge is -2.10. The van der Waals surface area contributed by atoms with Gasteiger partial charge < -0.3 is 10.1 Å². The molecule has 1 aromatic carbocycles. The van der Waals surface area contributed by atoms with Crippen LogP contribution >= 0.6 is 0 Å². The van der Waals surface area contributed by atoms with E-state index in [0.29, 0.717) is 12.2 Å². The van der Waals surface area contributed by atoms with E-state index in [1.54, 1.807) is 10.9 Å². The quantitative estimate of drug-likeness (QED) is 0.833. The van der Waals surface area contributed by atoms with Crippen LogP contribution in [-0.4, -0.2) is 27.9 Å². The van der Waals surface area contributed by atoms with Crippen molar-refractivity contribution in [3.63, 3.8) is 0 Å². The highest BCUT2D eigenvalue weighted by molar-refractivity contribution is 5.37. The molecule has 1 heterocycles. The average Bonchev–Trinajstić information content (AvgIpc) is 2.86. The van der Waals surface area contributed by atoms with Gasteiger partial charge in [-0.15, -0.1) is 18.3 Å². The van der Waals surface area contributed by atoms with Gasteiger partial charge >= 0.3 is 6.36 Å². The maximum Gasteiger partial charge on any atom is 0.573 e. The van der Waals surface area contributed by atoms with E-state index in [-0.39, 0.29) is 5.75 Å². The van der Waals surface area contributed by atoms with Crippen LogP contribution < -0.4 is 10.1 Å². The molecule has 8 heteroatoms. The van der Waals surface area contributed by atoms with Crippen LogP contribution in [0.3, 0.4) is 0 Å². The smallest absolute Gasteiger partial charge is 0.406 e. The van der Waals surface area contributed by atoms with E-state index in [2.05, 4.69) is 27.3 Å². The number of benzene rings is 1. The van der Waals surface area contributed by atoms with Gasteiger partial charge in [-0.3, -0.25) is 0 Å². The molecule has 0 aliphatic carbocycles. The van der Waals surface area contributed by atoms with Crippen molar-refractivity contribution in [2.45, 2.75) is 26.3 Å². The van der Waals surface area contributed by atoms with Crippen molar-refractivity contribution < 1.29 is 17.9 Å². The number of halogens is 3. The van der Waals surface area contributed by atoms with Gasteiger partial charge in [0.15, 0.2) is 0 Å². The molecule has 2 rings (SSSR count). The highest BCUT2D eigenvalue weighted by Crippen LogP contribution is 2.23. The molecule has 114 valence electrons. The fourth-order valence-electron chi connectivity index (χ4n) is 1.78. The summed E-state index contributed by atoms with van der Waals surface area (Å²) < 4.78 is 41.7. The van der Waals surface area contributed by atoms with Gasteiger partial charge in [0.25, 0.3) is 0 Å². The Hall–Kier alpha value is -2.09. The number of aromatic nitrogens is 3. The van der Waals surface area contributed by atoms with Crippen molar-refractivity contribution in [3.05, 3.63) is 36.2 Å². The standard InChI is InChI=1S/C13H15F3N4O/c1-2-7-17-8-11-9-18-19-20(11)10-3-5-12(6-4-10)21-13(14,15)16/h3-6,9,17H,2,7-8H2,1H3. The van der Waals surface area contributed by atoms with Crippen LogP contribution in [0.4, 0.5) is 13.2 Å². The Labute approximate surface area is 119 Å². The van der Waals surface area contributed by atoms with E-state index in [9.17, 15) is 13.2 Å². The van der Waals surface area contributed by atoms with Crippen molar-refractivity contribution >= 4 is 0 Å². The van der Waals surface area contributed by atoms with Crippen molar-refractivity contribution in [1.82, 2.24) is 20.3 Å². The fourth-order valence-corrected chi connectivity index (χ4v) is 1.78. The largest absolute Gasteiger partial charge is 0.573 e. The molecule has 0 bridgehead atoms. The molecule has 0 unspecified atom stereocenters. The summed E-state index contributed by atoms with van der Waals surface area (Å²) in [5.41, 5.74) is 1.45. The van der Waals surface area contributed by atoms with Gasteiger partial charge in [-0.25, -0.2) is 4.68 Å². The SMILES string of the molecule is CCCNCc1cnnn1-c1ccc(OC(F)(F)F)cc1. The molecule has 5 nitrogen and oxygen atoms in total. The minimum Gasteiger partial charge on any atom is -0.406 e. The first-order chi connectivity index (χ1) is 9.99. The summed E-state index contributed by atoms with van der Waals surface area (Å²) in [6.45, 7) is 3.51. The zero-order valence-corrected chi connectivity index (χ0v) is 11.4. The molecule has 0 aliphatic heterocycles. The molecule has 0 aliphatic rings. The first-order valence-electron chi connectivity index (χ1n) is 6.46. The molecule has 0 atom stereocenters. The van der Waals surface area contributed by atoms with Gasteiger partial charge in [-0.05, 0) is 37.2 Å². The third-order valence-electron chi connectivity index (χ3n) is 2.67. The number of hydrogen-bond acceptors (Lipinski definition) is 4. The normalized spacial score (nSPS) is 11.6. The fraction of sp³-hybridized carbons (Fsp3) is 0.385. The van der Waals surface area contributed by atoms with E-state index in [4.69, 9.17) is 0 Å². The van der Waals surface area contributed by atoms with Crippen LogP contribution in [0.1, 0.15) is 19.0 Å². The lowest BCUT2D eigenvalue weighted by molar-refractivity contribution is -0.274. The Morgan fingerprint density at radius 2 is 1.95 bits per heavy atom. The number of rotatable bonds is 6. The summed E-state index contributed by atoms with van der Waals surface area (Å²) >= 11 is 0. The first-order valence-corrected chi connectivity index (χ1v) is 6.46. The van der Waals surface area contributed by atoms with E-state index in [0.717, 1.165) is 18.7 Å². The predicted octanol–water partition coefficient (Wildman–Crippen LogP) is 2.67. The van der Waals surface area contributed by atoms with E-state index in [1.165, 1.54) is 24.3 Å². The summed E-state index contributed by atoms with van der Waals surface area (Å²) in [5.74, 6) is -0.267. The van der Waals surface area contributed by atoms with Crippen LogP contribution in [0, 0.1) is 0 Å². The second-order valence-electron chi connectivity index (χ2n) is 4.36. The summed E-state index contributed by atoms with van der Waals surface area (Å²) in [6, 6.07) is 5.49. The minimum absolute atomic E-state index is 0.267. The molecular weight excluding hydrogens is 285 g/mol. The Bertz CT molecular complexity index is 566. The van der Waals surface area contributed by atoms with Crippen molar-refractivity contribution in [2.75, 3.05) is 6.54 Å². The Morgan fingerprint density at radius 3 is 2.57 bits per heavy atom. The highest BCUT2D eigenvalue weighted by Gasteiger charge is 2.30. The van der Waals surface area contributed by atoms with Crippen LogP contribution in [0.25, 0.3) is 5.69 Å².